The van der Waals surface area contributed by atoms with Crippen LogP contribution < -0.4 is 14.8 Å². The van der Waals surface area contributed by atoms with E-state index in [4.69, 9.17) is 9.47 Å². The smallest absolute Gasteiger partial charge is 0.231 e. The molecule has 5 heteroatoms. The zero-order valence-corrected chi connectivity index (χ0v) is 13.5. The van der Waals surface area contributed by atoms with Crippen LogP contribution in [-0.2, 0) is 11.2 Å². The van der Waals surface area contributed by atoms with Crippen molar-refractivity contribution in [1.29, 1.82) is 0 Å². The van der Waals surface area contributed by atoms with Gasteiger partial charge in [-0.3, -0.25) is 4.79 Å². The second kappa shape index (κ2) is 6.04. The molecule has 1 aromatic carbocycles. The Balaban J connectivity index is 1.35. The molecule has 1 amide bonds. The van der Waals surface area contributed by atoms with Gasteiger partial charge in [-0.15, -0.1) is 0 Å². The molecule has 3 heterocycles. The van der Waals surface area contributed by atoms with Crippen LogP contribution in [0.4, 0.5) is 0 Å². The summed E-state index contributed by atoms with van der Waals surface area (Å²) in [6, 6.07) is 5.78. The summed E-state index contributed by atoms with van der Waals surface area (Å²) in [7, 11) is 0. The Hall–Kier alpha value is -1.75. The van der Waals surface area contributed by atoms with E-state index in [1.54, 1.807) is 0 Å². The lowest BCUT2D eigenvalue weighted by Crippen LogP contribution is -2.49. The van der Waals surface area contributed by atoms with Crippen molar-refractivity contribution in [2.75, 3.05) is 33.0 Å². The molecular weight excluding hydrogens is 292 g/mol. The van der Waals surface area contributed by atoms with E-state index in [-0.39, 0.29) is 12.7 Å². The summed E-state index contributed by atoms with van der Waals surface area (Å²) in [4.78, 5) is 14.6. The molecular formula is C18H24N2O3. The van der Waals surface area contributed by atoms with Crippen LogP contribution in [0.25, 0.3) is 0 Å². The molecule has 1 N–H and O–H groups in total. The number of fused-ring (bicyclic) bond motifs is 1. The molecule has 0 radical (unpaired) electrons. The third kappa shape index (κ3) is 3.02. The lowest BCUT2D eigenvalue weighted by molar-refractivity contribution is -0.133. The van der Waals surface area contributed by atoms with Gasteiger partial charge in [0.25, 0.3) is 0 Å². The fraction of sp³-hybridized carbons (Fsp3) is 0.611. The van der Waals surface area contributed by atoms with Gasteiger partial charge in [-0.2, -0.15) is 0 Å². The highest BCUT2D eigenvalue weighted by Gasteiger charge is 2.36. The predicted molar refractivity (Wildman–Crippen MR) is 86.6 cm³/mol. The molecule has 4 rings (SSSR count). The number of nitrogens with zero attached hydrogens (tertiary/aromatic N) is 1. The summed E-state index contributed by atoms with van der Waals surface area (Å²) < 4.78 is 10.7. The molecule has 5 nitrogen and oxygen atoms in total. The van der Waals surface area contributed by atoms with Crippen molar-refractivity contribution in [3.8, 4) is 11.5 Å². The van der Waals surface area contributed by atoms with Gasteiger partial charge < -0.3 is 19.7 Å². The minimum Gasteiger partial charge on any atom is -0.454 e. The fourth-order valence-electron chi connectivity index (χ4n) is 4.02. The molecule has 3 aliphatic heterocycles. The normalized spacial score (nSPS) is 22.3. The Bertz CT molecular complexity index is 586. The van der Waals surface area contributed by atoms with Gasteiger partial charge in [-0.05, 0) is 55.3 Å². The molecule has 23 heavy (non-hydrogen) atoms. The number of nitrogens with one attached hydrogen (secondary N) is 1. The Morgan fingerprint density at radius 3 is 2.78 bits per heavy atom. The molecule has 3 aliphatic rings. The van der Waals surface area contributed by atoms with E-state index in [1.165, 1.54) is 12.8 Å². The Kier molecular flexibility index (Phi) is 3.89. The largest absolute Gasteiger partial charge is 0.454 e. The standard InChI is InChI=1S/C18H24N2O3/c21-17(11-14-2-3-15-16(10-14)23-13-22-15)20-8-5-18(6-9-20)4-1-7-19-12-18/h2-3,10,19H,1,4-9,11-13H2. The van der Waals surface area contributed by atoms with Crippen molar-refractivity contribution < 1.29 is 14.3 Å². The number of rotatable bonds is 2. The number of likely N-dealkylation sites (tertiary alicyclic amines) is 1. The zero-order chi connectivity index (χ0) is 15.7. The maximum atomic E-state index is 12.6. The maximum absolute atomic E-state index is 12.6. The van der Waals surface area contributed by atoms with Crippen molar-refractivity contribution in [2.45, 2.75) is 32.1 Å². The molecule has 1 aromatic rings. The summed E-state index contributed by atoms with van der Waals surface area (Å²) >= 11 is 0. The molecule has 0 atom stereocenters. The number of ether oxygens (including phenoxy) is 2. The van der Waals surface area contributed by atoms with Gasteiger partial charge in [0.1, 0.15) is 0 Å². The molecule has 0 unspecified atom stereocenters. The molecule has 0 saturated carbocycles. The van der Waals surface area contributed by atoms with Gasteiger partial charge in [0.15, 0.2) is 11.5 Å². The van der Waals surface area contributed by atoms with Crippen molar-refractivity contribution >= 4 is 5.91 Å². The highest BCUT2D eigenvalue weighted by molar-refractivity contribution is 5.79. The van der Waals surface area contributed by atoms with Crippen LogP contribution in [0.3, 0.4) is 0 Å². The third-order valence-corrected chi connectivity index (χ3v) is 5.53. The van der Waals surface area contributed by atoms with E-state index in [2.05, 4.69) is 5.32 Å². The molecule has 2 saturated heterocycles. The quantitative estimate of drug-likeness (QED) is 0.906. The SMILES string of the molecule is O=C(Cc1ccc2c(c1)OCO2)N1CCC2(CCCNC2)CC1. The van der Waals surface area contributed by atoms with Crippen molar-refractivity contribution in [3.05, 3.63) is 23.8 Å². The van der Waals surface area contributed by atoms with Crippen molar-refractivity contribution in [1.82, 2.24) is 10.2 Å². The zero-order valence-electron chi connectivity index (χ0n) is 13.5. The first kappa shape index (κ1) is 14.8. The second-order valence-corrected chi connectivity index (χ2v) is 7.03. The van der Waals surface area contributed by atoms with Crippen LogP contribution in [0.2, 0.25) is 0 Å². The average Bonchev–Trinajstić information content (AvgIpc) is 3.04. The maximum Gasteiger partial charge on any atom is 0.231 e. The molecule has 124 valence electrons. The van der Waals surface area contributed by atoms with Gasteiger partial charge >= 0.3 is 0 Å². The third-order valence-electron chi connectivity index (χ3n) is 5.53. The second-order valence-electron chi connectivity index (χ2n) is 7.03. The average molecular weight is 316 g/mol. The van der Waals surface area contributed by atoms with Crippen LogP contribution in [-0.4, -0.2) is 43.8 Å². The monoisotopic (exact) mass is 316 g/mol. The predicted octanol–water partition coefficient (Wildman–Crippen LogP) is 1.95. The summed E-state index contributed by atoms with van der Waals surface area (Å²) in [6.07, 6.45) is 5.29. The van der Waals surface area contributed by atoms with E-state index < -0.39 is 0 Å². The molecule has 0 aromatic heterocycles. The van der Waals surface area contributed by atoms with Crippen LogP contribution in [0.5, 0.6) is 11.5 Å². The Morgan fingerprint density at radius 1 is 1.17 bits per heavy atom. The highest BCUT2D eigenvalue weighted by Crippen LogP contribution is 2.37. The fourth-order valence-corrected chi connectivity index (χ4v) is 4.02. The van der Waals surface area contributed by atoms with E-state index >= 15 is 0 Å². The van der Waals surface area contributed by atoms with E-state index in [0.717, 1.165) is 56.1 Å². The Labute approximate surface area is 136 Å². The number of piperidine rings is 2. The lowest BCUT2D eigenvalue weighted by atomic mass is 9.73. The number of amides is 1. The highest BCUT2D eigenvalue weighted by atomic mass is 16.7. The van der Waals surface area contributed by atoms with Gasteiger partial charge in [-0.1, -0.05) is 6.07 Å². The first-order valence-corrected chi connectivity index (χ1v) is 8.61. The summed E-state index contributed by atoms with van der Waals surface area (Å²) in [5.41, 5.74) is 1.44. The summed E-state index contributed by atoms with van der Waals surface area (Å²) in [6.45, 7) is 4.33. The minimum absolute atomic E-state index is 0.225. The minimum atomic E-state index is 0.225. The van der Waals surface area contributed by atoms with Gasteiger partial charge in [-0.25, -0.2) is 0 Å². The number of carbonyl (C=O) groups excluding carboxylic acids is 1. The van der Waals surface area contributed by atoms with Gasteiger partial charge in [0.2, 0.25) is 12.7 Å². The van der Waals surface area contributed by atoms with Crippen LogP contribution in [0, 0.1) is 5.41 Å². The van der Waals surface area contributed by atoms with Crippen LogP contribution in [0.1, 0.15) is 31.2 Å². The van der Waals surface area contributed by atoms with Gasteiger partial charge in [0, 0.05) is 19.6 Å². The van der Waals surface area contributed by atoms with Gasteiger partial charge in [0.05, 0.1) is 6.42 Å². The number of carbonyl (C=O) groups is 1. The van der Waals surface area contributed by atoms with Crippen molar-refractivity contribution in [2.24, 2.45) is 5.41 Å². The summed E-state index contributed by atoms with van der Waals surface area (Å²) in [5, 5.41) is 3.52. The van der Waals surface area contributed by atoms with Crippen molar-refractivity contribution in [3.63, 3.8) is 0 Å². The van der Waals surface area contributed by atoms with Crippen LogP contribution in [0.15, 0.2) is 18.2 Å². The first-order valence-electron chi connectivity index (χ1n) is 8.61. The van der Waals surface area contributed by atoms with E-state index in [1.807, 2.05) is 23.1 Å². The Morgan fingerprint density at radius 2 is 2.00 bits per heavy atom. The lowest BCUT2D eigenvalue weighted by Gasteiger charge is -2.44. The topological polar surface area (TPSA) is 50.8 Å². The molecule has 1 spiro atoms. The molecule has 0 bridgehead atoms. The van der Waals surface area contributed by atoms with Crippen LogP contribution >= 0.6 is 0 Å². The first-order chi connectivity index (χ1) is 11.2. The van der Waals surface area contributed by atoms with E-state index in [9.17, 15) is 4.79 Å². The van der Waals surface area contributed by atoms with E-state index in [0.29, 0.717) is 11.8 Å². The number of hydrogen-bond acceptors (Lipinski definition) is 4. The molecule has 0 aliphatic carbocycles. The summed E-state index contributed by atoms with van der Waals surface area (Å²) in [5.74, 6) is 1.74. The number of hydrogen-bond donors (Lipinski definition) is 1. The number of benzene rings is 1. The molecule has 2 fully saturated rings.